The van der Waals surface area contributed by atoms with Crippen molar-refractivity contribution in [3.05, 3.63) is 69.5 Å². The minimum absolute atomic E-state index is 0.338. The van der Waals surface area contributed by atoms with Gasteiger partial charge in [0.1, 0.15) is 0 Å². The second-order valence-electron chi connectivity index (χ2n) is 4.86. The molecule has 1 atom stereocenters. The summed E-state index contributed by atoms with van der Waals surface area (Å²) in [5, 5.41) is 7.10. The Labute approximate surface area is 131 Å². The highest BCUT2D eigenvalue weighted by atomic mass is 79.9. The van der Waals surface area contributed by atoms with Crippen molar-refractivity contribution < 1.29 is 0 Å². The Morgan fingerprint density at radius 2 is 2.00 bits per heavy atom. The summed E-state index contributed by atoms with van der Waals surface area (Å²) in [6.45, 7) is 0. The van der Waals surface area contributed by atoms with Gasteiger partial charge in [0.25, 0.3) is 0 Å². The van der Waals surface area contributed by atoms with Crippen molar-refractivity contribution in [2.45, 2.75) is 12.5 Å². The Hall–Kier alpha value is -1.16. The lowest BCUT2D eigenvalue weighted by Gasteiger charge is -2.16. The monoisotopic (exact) mass is 345 g/mol. The molecule has 2 aromatic carbocycles. The van der Waals surface area contributed by atoms with Gasteiger partial charge in [0.2, 0.25) is 0 Å². The van der Waals surface area contributed by atoms with Crippen LogP contribution in [0.25, 0.3) is 10.1 Å². The fourth-order valence-corrected chi connectivity index (χ4v) is 3.91. The van der Waals surface area contributed by atoms with Crippen LogP contribution in [0.2, 0.25) is 0 Å². The van der Waals surface area contributed by atoms with Crippen molar-refractivity contribution >= 4 is 37.4 Å². The van der Waals surface area contributed by atoms with Gasteiger partial charge in [0.15, 0.2) is 0 Å². The third-order valence-electron chi connectivity index (χ3n) is 3.58. The topological polar surface area (TPSA) is 12.0 Å². The maximum Gasteiger partial charge on any atom is 0.0359 e. The van der Waals surface area contributed by atoms with E-state index < -0.39 is 0 Å². The summed E-state index contributed by atoms with van der Waals surface area (Å²) in [7, 11) is 2.03. The molecule has 1 nitrogen and oxygen atoms in total. The van der Waals surface area contributed by atoms with Gasteiger partial charge in [-0.15, -0.1) is 11.3 Å². The average molecular weight is 346 g/mol. The van der Waals surface area contributed by atoms with Gasteiger partial charge in [-0.05, 0) is 53.6 Å². The predicted molar refractivity (Wildman–Crippen MR) is 91.5 cm³/mol. The number of rotatable bonds is 4. The molecule has 1 unspecified atom stereocenters. The normalized spacial score (nSPS) is 12.7. The van der Waals surface area contributed by atoms with E-state index in [9.17, 15) is 0 Å². The molecule has 0 bridgehead atoms. The number of hydrogen-bond acceptors (Lipinski definition) is 2. The van der Waals surface area contributed by atoms with Crippen LogP contribution >= 0.6 is 27.3 Å². The molecule has 0 radical (unpaired) electrons. The van der Waals surface area contributed by atoms with Crippen LogP contribution in [0.4, 0.5) is 0 Å². The van der Waals surface area contributed by atoms with Crippen molar-refractivity contribution in [1.82, 2.24) is 5.32 Å². The first-order chi connectivity index (χ1) is 9.78. The summed E-state index contributed by atoms with van der Waals surface area (Å²) in [6, 6.07) is 17.5. The fraction of sp³-hybridized carbons (Fsp3) is 0.176. The number of fused-ring (bicyclic) bond motifs is 1. The van der Waals surface area contributed by atoms with E-state index >= 15 is 0 Å². The highest BCUT2D eigenvalue weighted by molar-refractivity contribution is 9.10. The van der Waals surface area contributed by atoms with Gasteiger partial charge in [-0.3, -0.25) is 0 Å². The molecule has 0 amide bonds. The molecule has 1 aromatic heterocycles. The number of thiophene rings is 1. The van der Waals surface area contributed by atoms with Crippen molar-refractivity contribution in [2.75, 3.05) is 7.05 Å². The average Bonchev–Trinajstić information content (AvgIpc) is 2.88. The second kappa shape index (κ2) is 6.08. The summed E-state index contributed by atoms with van der Waals surface area (Å²) in [5.74, 6) is 0. The molecule has 1 N–H and O–H groups in total. The molecule has 3 rings (SSSR count). The van der Waals surface area contributed by atoms with Crippen LogP contribution in [-0.2, 0) is 6.42 Å². The van der Waals surface area contributed by atoms with Gasteiger partial charge in [0, 0.05) is 15.2 Å². The number of benzene rings is 2. The molecule has 1 heterocycles. The maximum atomic E-state index is 3.55. The van der Waals surface area contributed by atoms with Gasteiger partial charge >= 0.3 is 0 Å². The van der Waals surface area contributed by atoms with E-state index in [1.54, 1.807) is 0 Å². The zero-order valence-corrected chi connectivity index (χ0v) is 13.7. The fourth-order valence-electron chi connectivity index (χ4n) is 2.52. The molecule has 0 aliphatic carbocycles. The van der Waals surface area contributed by atoms with Gasteiger partial charge in [-0.1, -0.05) is 46.3 Å². The number of nitrogens with one attached hydrogen (secondary N) is 1. The van der Waals surface area contributed by atoms with Gasteiger partial charge in [0.05, 0.1) is 0 Å². The Morgan fingerprint density at radius 3 is 2.80 bits per heavy atom. The molecular formula is C17H16BrNS. The lowest BCUT2D eigenvalue weighted by atomic mass is 9.99. The number of halogens is 1. The third-order valence-corrected chi connectivity index (χ3v) is 5.09. The van der Waals surface area contributed by atoms with Crippen LogP contribution in [0.15, 0.2) is 58.4 Å². The maximum absolute atomic E-state index is 3.55. The Bertz CT molecular complexity index is 720. The second-order valence-corrected chi connectivity index (χ2v) is 6.68. The first-order valence-corrected chi connectivity index (χ1v) is 8.33. The van der Waals surface area contributed by atoms with Crippen LogP contribution in [0.3, 0.4) is 0 Å². The number of hydrogen-bond donors (Lipinski definition) is 1. The minimum atomic E-state index is 0.338. The molecule has 0 aliphatic rings. The summed E-state index contributed by atoms with van der Waals surface area (Å²) >= 11 is 5.38. The van der Waals surface area contributed by atoms with Crippen LogP contribution in [0, 0.1) is 0 Å². The molecule has 0 saturated heterocycles. The standard InChI is InChI=1S/C17H16BrNS/c1-19-16(12-5-4-6-14(18)9-12)10-13-11-20-17-8-3-2-7-15(13)17/h2-9,11,16,19H,10H2,1H3. The van der Waals surface area contributed by atoms with Crippen molar-refractivity contribution in [3.8, 4) is 0 Å². The van der Waals surface area contributed by atoms with E-state index in [4.69, 9.17) is 0 Å². The highest BCUT2D eigenvalue weighted by Gasteiger charge is 2.13. The Kier molecular flexibility index (Phi) is 4.20. The Morgan fingerprint density at radius 1 is 1.15 bits per heavy atom. The first-order valence-electron chi connectivity index (χ1n) is 6.66. The van der Waals surface area contributed by atoms with E-state index in [1.165, 1.54) is 21.2 Å². The molecule has 102 valence electrons. The number of likely N-dealkylation sites (N-methyl/N-ethyl adjacent to an activating group) is 1. The molecule has 0 aliphatic heterocycles. The van der Waals surface area contributed by atoms with Crippen LogP contribution in [0.1, 0.15) is 17.2 Å². The predicted octanol–water partition coefficient (Wildman–Crippen LogP) is 5.17. The molecule has 3 heteroatoms. The van der Waals surface area contributed by atoms with Crippen molar-refractivity contribution in [3.63, 3.8) is 0 Å². The quantitative estimate of drug-likeness (QED) is 0.687. The van der Waals surface area contributed by atoms with Crippen LogP contribution in [0.5, 0.6) is 0 Å². The minimum Gasteiger partial charge on any atom is -0.313 e. The van der Waals surface area contributed by atoms with E-state index in [2.05, 4.69) is 75.2 Å². The van der Waals surface area contributed by atoms with Gasteiger partial charge < -0.3 is 5.32 Å². The van der Waals surface area contributed by atoms with Crippen molar-refractivity contribution in [1.29, 1.82) is 0 Å². The lowest BCUT2D eigenvalue weighted by Crippen LogP contribution is -2.18. The zero-order chi connectivity index (χ0) is 13.9. The molecular weight excluding hydrogens is 330 g/mol. The third kappa shape index (κ3) is 2.80. The molecule has 20 heavy (non-hydrogen) atoms. The van der Waals surface area contributed by atoms with Gasteiger partial charge in [-0.25, -0.2) is 0 Å². The molecule has 0 fully saturated rings. The summed E-state index contributed by atoms with van der Waals surface area (Å²) in [4.78, 5) is 0. The smallest absolute Gasteiger partial charge is 0.0359 e. The van der Waals surface area contributed by atoms with Crippen LogP contribution in [-0.4, -0.2) is 7.05 Å². The van der Waals surface area contributed by atoms with E-state index in [0.717, 1.165) is 10.9 Å². The van der Waals surface area contributed by atoms with Crippen LogP contribution < -0.4 is 5.32 Å². The largest absolute Gasteiger partial charge is 0.313 e. The van der Waals surface area contributed by atoms with Gasteiger partial charge in [-0.2, -0.15) is 0 Å². The van der Waals surface area contributed by atoms with E-state index in [1.807, 2.05) is 18.4 Å². The molecule has 0 spiro atoms. The van der Waals surface area contributed by atoms with E-state index in [0.29, 0.717) is 6.04 Å². The molecule has 0 saturated carbocycles. The van der Waals surface area contributed by atoms with E-state index in [-0.39, 0.29) is 0 Å². The lowest BCUT2D eigenvalue weighted by molar-refractivity contribution is 0.594. The highest BCUT2D eigenvalue weighted by Crippen LogP contribution is 2.30. The zero-order valence-electron chi connectivity index (χ0n) is 11.3. The SMILES string of the molecule is CNC(Cc1csc2ccccc12)c1cccc(Br)c1. The van der Waals surface area contributed by atoms with Crippen molar-refractivity contribution in [2.24, 2.45) is 0 Å². The summed E-state index contributed by atoms with van der Waals surface area (Å²) in [6.07, 6.45) is 1.01. The summed E-state index contributed by atoms with van der Waals surface area (Å²) < 4.78 is 2.50. The molecule has 3 aromatic rings. The summed E-state index contributed by atoms with van der Waals surface area (Å²) in [5.41, 5.74) is 2.74. The Balaban J connectivity index is 1.92. The first kappa shape index (κ1) is 13.8.